The van der Waals surface area contributed by atoms with Crippen LogP contribution in [0.1, 0.15) is 0 Å². The summed E-state index contributed by atoms with van der Waals surface area (Å²) in [6.45, 7) is 0. The summed E-state index contributed by atoms with van der Waals surface area (Å²) in [5.41, 5.74) is 4.12. The number of carbonyl (C=O) groups is 1. The van der Waals surface area contributed by atoms with Gasteiger partial charge in [-0.15, -0.1) is 0 Å². The van der Waals surface area contributed by atoms with Gasteiger partial charge in [0.2, 0.25) is 5.71 Å². The van der Waals surface area contributed by atoms with E-state index in [1.165, 1.54) is 6.07 Å². The minimum Gasteiger partial charge on any atom is -0.364 e. The first-order valence-corrected chi connectivity index (χ1v) is 1.70. The number of carbonyl (C=O) groups excluding carboxylic acids is 1. The number of primary amides is 1. The zero-order chi connectivity index (χ0) is 6.57. The molecule has 5 heteroatoms. The van der Waals surface area contributed by atoms with E-state index in [9.17, 15) is 4.79 Å². The highest BCUT2D eigenvalue weighted by molar-refractivity contribution is 6.44. The zero-order valence-corrected chi connectivity index (χ0v) is 3.96. The molecule has 0 spiro atoms. The quantitative estimate of drug-likeness (QED) is 0.240. The van der Waals surface area contributed by atoms with Crippen molar-refractivity contribution in [1.29, 1.82) is 5.26 Å². The highest BCUT2D eigenvalue weighted by Gasteiger charge is 2.01. The number of nitrogens with zero attached hydrogens (tertiary/aromatic N) is 2. The van der Waals surface area contributed by atoms with Crippen LogP contribution >= 0.6 is 0 Å². The largest absolute Gasteiger partial charge is 0.364 e. The Morgan fingerprint density at radius 1 is 1.75 bits per heavy atom. The van der Waals surface area contributed by atoms with E-state index in [2.05, 4.69) is 16.7 Å². The van der Waals surface area contributed by atoms with Crippen LogP contribution in [0.15, 0.2) is 5.10 Å². The first-order chi connectivity index (χ1) is 3.72. The van der Waals surface area contributed by atoms with Crippen LogP contribution in [-0.2, 0) is 4.79 Å². The summed E-state index contributed by atoms with van der Waals surface area (Å²) in [6, 6.07) is 1.40. The first-order valence-electron chi connectivity index (χ1n) is 1.70. The number of hydrazone groups is 1. The normalized spacial score (nSPS) is 10.1. The predicted molar refractivity (Wildman–Crippen MR) is 26.4 cm³/mol. The fraction of sp³-hybridized carbons (Fsp3) is 0. The predicted octanol–water partition coefficient (Wildman–Crippen LogP) is -1.69. The van der Waals surface area contributed by atoms with Gasteiger partial charge >= 0.3 is 0 Å². The molecule has 0 bridgehead atoms. The van der Waals surface area contributed by atoms with Crippen molar-refractivity contribution in [2.24, 2.45) is 16.7 Å². The third-order valence-electron chi connectivity index (χ3n) is 0.468. The maximum Gasteiger partial charge on any atom is 0.280 e. The van der Waals surface area contributed by atoms with Crippen molar-refractivity contribution in [3.8, 4) is 6.07 Å². The summed E-state index contributed by atoms with van der Waals surface area (Å²) in [5, 5.41) is 10.7. The molecule has 0 radical (unpaired) electrons. The highest BCUT2D eigenvalue weighted by atomic mass is 16.1. The molecule has 0 fully saturated rings. The fourth-order valence-corrected chi connectivity index (χ4v) is 0.148. The van der Waals surface area contributed by atoms with Gasteiger partial charge in [-0.3, -0.25) is 4.79 Å². The number of nitrogens with two attached hydrogens (primary N) is 2. The first kappa shape index (κ1) is 6.43. The molecule has 0 heterocycles. The number of nitriles is 1. The fourth-order valence-electron chi connectivity index (χ4n) is 0.148. The van der Waals surface area contributed by atoms with Crippen LogP contribution < -0.4 is 11.6 Å². The summed E-state index contributed by atoms with van der Waals surface area (Å²) in [5.74, 6) is 3.64. The van der Waals surface area contributed by atoms with Gasteiger partial charge in [-0.2, -0.15) is 10.4 Å². The molecule has 0 unspecified atom stereocenters. The van der Waals surface area contributed by atoms with Gasteiger partial charge in [-0.1, -0.05) is 0 Å². The van der Waals surface area contributed by atoms with Gasteiger partial charge in [0.15, 0.2) is 0 Å². The molecule has 4 N–H and O–H groups in total. The smallest absolute Gasteiger partial charge is 0.280 e. The van der Waals surface area contributed by atoms with E-state index in [0.717, 1.165) is 0 Å². The molecule has 0 rings (SSSR count). The van der Waals surface area contributed by atoms with Crippen molar-refractivity contribution in [2.45, 2.75) is 0 Å². The van der Waals surface area contributed by atoms with Crippen LogP contribution in [0.4, 0.5) is 0 Å². The van der Waals surface area contributed by atoms with Gasteiger partial charge in [-0.05, 0) is 0 Å². The molecule has 0 saturated carbocycles. The lowest BCUT2D eigenvalue weighted by atomic mass is 10.4. The molecule has 0 aliphatic heterocycles. The second-order valence-corrected chi connectivity index (χ2v) is 0.954. The maximum atomic E-state index is 9.95. The van der Waals surface area contributed by atoms with E-state index >= 15 is 0 Å². The Hall–Kier alpha value is -1.57. The Labute approximate surface area is 45.6 Å². The van der Waals surface area contributed by atoms with Crippen LogP contribution in [0.5, 0.6) is 0 Å². The second-order valence-electron chi connectivity index (χ2n) is 0.954. The lowest BCUT2D eigenvalue weighted by molar-refractivity contribution is -0.111. The third-order valence-corrected chi connectivity index (χ3v) is 0.468. The van der Waals surface area contributed by atoms with Gasteiger partial charge in [0.1, 0.15) is 6.07 Å². The molecule has 42 valence electrons. The van der Waals surface area contributed by atoms with Crippen LogP contribution in [0.2, 0.25) is 0 Å². The van der Waals surface area contributed by atoms with Gasteiger partial charge < -0.3 is 11.6 Å². The van der Waals surface area contributed by atoms with Gasteiger partial charge in [-0.25, -0.2) is 0 Å². The molecule has 0 atom stereocenters. The Morgan fingerprint density at radius 3 is 2.25 bits per heavy atom. The van der Waals surface area contributed by atoms with Crippen LogP contribution in [0, 0.1) is 11.3 Å². The average Bonchev–Trinajstić information content (AvgIpc) is 1.69. The van der Waals surface area contributed by atoms with E-state index in [1.807, 2.05) is 0 Å². The maximum absolute atomic E-state index is 9.95. The molecule has 0 aliphatic rings. The van der Waals surface area contributed by atoms with E-state index in [1.54, 1.807) is 0 Å². The number of hydrogen-bond donors (Lipinski definition) is 2. The molecule has 0 aliphatic carbocycles. The lowest BCUT2D eigenvalue weighted by Gasteiger charge is -1.81. The summed E-state index contributed by atoms with van der Waals surface area (Å²) in [6.07, 6.45) is 0. The average molecular weight is 112 g/mol. The third kappa shape index (κ3) is 1.26. The highest BCUT2D eigenvalue weighted by Crippen LogP contribution is 1.66. The summed E-state index contributed by atoms with van der Waals surface area (Å²) in [7, 11) is 0. The number of rotatable bonds is 1. The lowest BCUT2D eigenvalue weighted by Crippen LogP contribution is -2.22. The summed E-state index contributed by atoms with van der Waals surface area (Å²) < 4.78 is 0. The van der Waals surface area contributed by atoms with E-state index in [-0.39, 0.29) is 0 Å². The molecule has 1 amide bonds. The standard InChI is InChI=1S/C3H4N4O/c4-1-2(7-6)3(5)8/h6H2,(H2,5,8). The van der Waals surface area contributed by atoms with Crippen molar-refractivity contribution in [2.75, 3.05) is 0 Å². The monoisotopic (exact) mass is 112 g/mol. The van der Waals surface area contributed by atoms with E-state index < -0.39 is 11.6 Å². The van der Waals surface area contributed by atoms with Crippen molar-refractivity contribution in [1.82, 2.24) is 0 Å². The van der Waals surface area contributed by atoms with E-state index in [0.29, 0.717) is 0 Å². The molecule has 0 aromatic heterocycles. The van der Waals surface area contributed by atoms with Crippen molar-refractivity contribution in [3.63, 3.8) is 0 Å². The Balaban J connectivity index is 4.20. The van der Waals surface area contributed by atoms with Gasteiger partial charge in [0.05, 0.1) is 0 Å². The molecule has 0 aromatic rings. The Bertz CT molecular complexity index is 165. The second kappa shape index (κ2) is 2.58. The summed E-state index contributed by atoms with van der Waals surface area (Å²) >= 11 is 0. The molecule has 0 aromatic carbocycles. The molecule has 5 nitrogen and oxygen atoms in total. The van der Waals surface area contributed by atoms with Crippen LogP contribution in [0.25, 0.3) is 0 Å². The minimum atomic E-state index is -0.907. The number of amides is 1. The van der Waals surface area contributed by atoms with E-state index in [4.69, 9.17) is 5.26 Å². The van der Waals surface area contributed by atoms with Gasteiger partial charge in [0.25, 0.3) is 5.91 Å². The Morgan fingerprint density at radius 2 is 2.25 bits per heavy atom. The Kier molecular flexibility index (Phi) is 2.07. The molecule has 0 saturated heterocycles. The zero-order valence-electron chi connectivity index (χ0n) is 3.96. The molecular formula is C3H4N4O. The number of hydrogen-bond acceptors (Lipinski definition) is 4. The summed E-state index contributed by atoms with van der Waals surface area (Å²) in [4.78, 5) is 9.95. The van der Waals surface area contributed by atoms with Crippen molar-refractivity contribution < 1.29 is 4.79 Å². The SMILES string of the molecule is N#CC(=NN)C(N)=O. The molecular weight excluding hydrogens is 108 g/mol. The van der Waals surface area contributed by atoms with Crippen LogP contribution in [-0.4, -0.2) is 11.6 Å². The van der Waals surface area contributed by atoms with Crippen LogP contribution in [0.3, 0.4) is 0 Å². The van der Waals surface area contributed by atoms with Gasteiger partial charge in [0, 0.05) is 0 Å². The van der Waals surface area contributed by atoms with Crippen molar-refractivity contribution >= 4 is 11.6 Å². The topological polar surface area (TPSA) is 105 Å². The molecule has 8 heavy (non-hydrogen) atoms. The minimum absolute atomic E-state index is 0.468. The van der Waals surface area contributed by atoms with Crippen molar-refractivity contribution in [3.05, 3.63) is 0 Å².